The van der Waals surface area contributed by atoms with Gasteiger partial charge in [0.05, 0.1) is 31.2 Å². The summed E-state index contributed by atoms with van der Waals surface area (Å²) in [4.78, 5) is 24.1. The molecule has 1 heterocycles. The Hall–Kier alpha value is -2.16. The van der Waals surface area contributed by atoms with E-state index in [-0.39, 0.29) is 6.54 Å². The molecule has 0 saturated carbocycles. The Labute approximate surface area is 146 Å². The Morgan fingerprint density at radius 1 is 1.40 bits per heavy atom. The molecule has 0 radical (unpaired) electrons. The highest BCUT2D eigenvalue weighted by atomic mass is 35.5. The van der Waals surface area contributed by atoms with Crippen molar-refractivity contribution in [2.45, 2.75) is 6.18 Å². The minimum absolute atomic E-state index is 0.312. The average molecular weight is 381 g/mol. The minimum atomic E-state index is -4.68. The standard InChI is InChI=1S/C15H16ClF3N2O4/c1-25-12-3-2-8(16)4-11(12)20-5-13(22)21-6-9(14(23)24)10(7-21)15(17,18)19/h2-4,9-10,20H,5-7H2,1H3,(H,23,24)/t9-,10-/m1/s1. The van der Waals surface area contributed by atoms with Crippen LogP contribution >= 0.6 is 11.6 Å². The van der Waals surface area contributed by atoms with E-state index in [1.807, 2.05) is 0 Å². The number of alkyl halides is 3. The number of carboxylic acids is 1. The van der Waals surface area contributed by atoms with Gasteiger partial charge in [0.15, 0.2) is 0 Å². The molecule has 138 valence electrons. The van der Waals surface area contributed by atoms with Gasteiger partial charge in [-0.2, -0.15) is 13.2 Å². The van der Waals surface area contributed by atoms with Gasteiger partial charge in [0.25, 0.3) is 0 Å². The number of likely N-dealkylation sites (tertiary alicyclic amines) is 1. The van der Waals surface area contributed by atoms with E-state index in [2.05, 4.69) is 5.32 Å². The van der Waals surface area contributed by atoms with Crippen LogP contribution in [-0.2, 0) is 9.59 Å². The zero-order chi connectivity index (χ0) is 18.8. The van der Waals surface area contributed by atoms with Gasteiger partial charge in [-0.1, -0.05) is 11.6 Å². The number of hydrogen-bond donors (Lipinski definition) is 2. The van der Waals surface area contributed by atoms with Crippen molar-refractivity contribution in [1.29, 1.82) is 0 Å². The van der Waals surface area contributed by atoms with Crippen molar-refractivity contribution >= 4 is 29.2 Å². The first-order valence-electron chi connectivity index (χ1n) is 7.28. The number of ether oxygens (including phenoxy) is 1. The van der Waals surface area contributed by atoms with E-state index in [0.717, 1.165) is 4.90 Å². The third-order valence-corrected chi connectivity index (χ3v) is 4.24. The highest BCUT2D eigenvalue weighted by Crippen LogP contribution is 2.37. The third-order valence-electron chi connectivity index (χ3n) is 4.00. The molecule has 6 nitrogen and oxygen atoms in total. The SMILES string of the molecule is COc1ccc(Cl)cc1NCC(=O)N1C[C@@H](C(F)(F)F)[C@H](C(=O)O)C1. The number of halogens is 4. The van der Waals surface area contributed by atoms with Crippen LogP contribution in [0.5, 0.6) is 5.75 Å². The normalized spacial score (nSPS) is 20.4. The van der Waals surface area contributed by atoms with E-state index in [9.17, 15) is 22.8 Å². The molecule has 0 aromatic heterocycles. The molecule has 0 bridgehead atoms. The predicted molar refractivity (Wildman–Crippen MR) is 83.7 cm³/mol. The van der Waals surface area contributed by atoms with Crippen molar-refractivity contribution in [3.05, 3.63) is 23.2 Å². The largest absolute Gasteiger partial charge is 0.495 e. The van der Waals surface area contributed by atoms with Crippen LogP contribution in [0.15, 0.2) is 18.2 Å². The zero-order valence-electron chi connectivity index (χ0n) is 13.1. The number of anilines is 1. The van der Waals surface area contributed by atoms with Crippen molar-refractivity contribution in [2.24, 2.45) is 11.8 Å². The lowest BCUT2D eigenvalue weighted by Gasteiger charge is -2.19. The van der Waals surface area contributed by atoms with E-state index < -0.39 is 43.0 Å². The number of carbonyl (C=O) groups is 2. The number of carbonyl (C=O) groups excluding carboxylic acids is 1. The lowest BCUT2D eigenvalue weighted by molar-refractivity contribution is -0.188. The van der Waals surface area contributed by atoms with Crippen molar-refractivity contribution < 1.29 is 32.6 Å². The Balaban J connectivity index is 2.04. The van der Waals surface area contributed by atoms with Crippen LogP contribution in [0, 0.1) is 11.8 Å². The van der Waals surface area contributed by atoms with E-state index in [0.29, 0.717) is 16.5 Å². The number of carboxylic acid groups (broad SMARTS) is 1. The van der Waals surface area contributed by atoms with E-state index >= 15 is 0 Å². The fourth-order valence-electron chi connectivity index (χ4n) is 2.69. The minimum Gasteiger partial charge on any atom is -0.495 e. The van der Waals surface area contributed by atoms with Gasteiger partial charge in [-0.05, 0) is 18.2 Å². The number of amides is 1. The predicted octanol–water partition coefficient (Wildman–Crippen LogP) is 2.48. The van der Waals surface area contributed by atoms with Crippen molar-refractivity contribution in [1.82, 2.24) is 4.90 Å². The fourth-order valence-corrected chi connectivity index (χ4v) is 2.86. The van der Waals surface area contributed by atoms with Crippen LogP contribution in [0.3, 0.4) is 0 Å². The number of benzene rings is 1. The number of nitrogens with zero attached hydrogens (tertiary/aromatic N) is 1. The van der Waals surface area contributed by atoms with Gasteiger partial charge < -0.3 is 20.1 Å². The summed E-state index contributed by atoms with van der Waals surface area (Å²) in [5.41, 5.74) is 0.407. The molecule has 1 aliphatic heterocycles. The van der Waals surface area contributed by atoms with Gasteiger partial charge in [0.1, 0.15) is 5.75 Å². The summed E-state index contributed by atoms with van der Waals surface area (Å²) in [6.07, 6.45) is -4.68. The molecule has 2 atom stereocenters. The Morgan fingerprint density at radius 3 is 2.60 bits per heavy atom. The summed E-state index contributed by atoms with van der Waals surface area (Å²) in [7, 11) is 1.42. The zero-order valence-corrected chi connectivity index (χ0v) is 13.9. The second-order valence-corrected chi connectivity index (χ2v) is 6.03. The molecule has 1 aromatic carbocycles. The molecule has 0 spiro atoms. The number of hydrogen-bond acceptors (Lipinski definition) is 4. The Kier molecular flexibility index (Phi) is 5.66. The molecular weight excluding hydrogens is 365 g/mol. The maximum atomic E-state index is 13.0. The van der Waals surface area contributed by atoms with Crippen LogP contribution < -0.4 is 10.1 Å². The van der Waals surface area contributed by atoms with Crippen LogP contribution in [-0.4, -0.2) is 54.8 Å². The summed E-state index contributed by atoms with van der Waals surface area (Å²) in [5.74, 6) is -5.53. The lowest BCUT2D eigenvalue weighted by Crippen LogP contribution is -2.35. The summed E-state index contributed by atoms with van der Waals surface area (Å²) in [5, 5.41) is 12.1. The second kappa shape index (κ2) is 7.38. The first kappa shape index (κ1) is 19.2. The van der Waals surface area contributed by atoms with Crippen molar-refractivity contribution in [3.63, 3.8) is 0 Å². The van der Waals surface area contributed by atoms with Gasteiger partial charge in [-0.15, -0.1) is 0 Å². The molecule has 2 rings (SSSR count). The van der Waals surface area contributed by atoms with E-state index in [4.69, 9.17) is 21.4 Å². The molecule has 2 N–H and O–H groups in total. The highest BCUT2D eigenvalue weighted by molar-refractivity contribution is 6.30. The van der Waals surface area contributed by atoms with Crippen LogP contribution in [0.2, 0.25) is 5.02 Å². The van der Waals surface area contributed by atoms with Crippen molar-refractivity contribution in [3.8, 4) is 5.75 Å². The summed E-state index contributed by atoms with van der Waals surface area (Å²) >= 11 is 5.86. The lowest BCUT2D eigenvalue weighted by atomic mass is 9.96. The molecule has 1 aromatic rings. The summed E-state index contributed by atoms with van der Waals surface area (Å²) in [6, 6.07) is 4.67. The topological polar surface area (TPSA) is 78.9 Å². The monoisotopic (exact) mass is 380 g/mol. The Morgan fingerprint density at radius 2 is 2.08 bits per heavy atom. The maximum absolute atomic E-state index is 13.0. The van der Waals surface area contributed by atoms with Crippen LogP contribution in [0.1, 0.15) is 0 Å². The number of methoxy groups -OCH3 is 1. The van der Waals surface area contributed by atoms with Gasteiger partial charge >= 0.3 is 12.1 Å². The van der Waals surface area contributed by atoms with Crippen molar-refractivity contribution in [2.75, 3.05) is 32.1 Å². The second-order valence-electron chi connectivity index (χ2n) is 5.59. The van der Waals surface area contributed by atoms with Crippen LogP contribution in [0.4, 0.5) is 18.9 Å². The molecule has 10 heteroatoms. The highest BCUT2D eigenvalue weighted by Gasteiger charge is 2.53. The molecule has 0 unspecified atom stereocenters. The smallest absolute Gasteiger partial charge is 0.394 e. The van der Waals surface area contributed by atoms with Crippen LogP contribution in [0.25, 0.3) is 0 Å². The molecule has 25 heavy (non-hydrogen) atoms. The molecule has 1 aliphatic rings. The van der Waals surface area contributed by atoms with Gasteiger partial charge in [-0.3, -0.25) is 9.59 Å². The average Bonchev–Trinajstić information content (AvgIpc) is 2.98. The van der Waals surface area contributed by atoms with E-state index in [1.165, 1.54) is 13.2 Å². The first-order valence-corrected chi connectivity index (χ1v) is 7.66. The molecule has 1 fully saturated rings. The number of aliphatic carboxylic acids is 1. The number of nitrogens with one attached hydrogen (secondary N) is 1. The van der Waals surface area contributed by atoms with Gasteiger partial charge in [0.2, 0.25) is 5.91 Å². The molecular formula is C15H16ClF3N2O4. The summed E-state index contributed by atoms with van der Waals surface area (Å²) < 4.78 is 44.0. The number of rotatable bonds is 5. The quantitative estimate of drug-likeness (QED) is 0.820. The molecule has 1 saturated heterocycles. The third kappa shape index (κ3) is 4.47. The Bertz CT molecular complexity index is 669. The molecule has 1 amide bonds. The van der Waals surface area contributed by atoms with E-state index in [1.54, 1.807) is 12.1 Å². The van der Waals surface area contributed by atoms with Gasteiger partial charge in [-0.25, -0.2) is 0 Å². The maximum Gasteiger partial charge on any atom is 0.394 e. The van der Waals surface area contributed by atoms with Gasteiger partial charge in [0, 0.05) is 18.1 Å². The summed E-state index contributed by atoms with van der Waals surface area (Å²) in [6.45, 7) is -1.46. The molecule has 0 aliphatic carbocycles. The first-order chi connectivity index (χ1) is 11.6. The fraction of sp³-hybridized carbons (Fsp3) is 0.467.